The number of benzene rings is 2. The Kier molecular flexibility index (Phi) is 7.71. The van der Waals surface area contributed by atoms with Crippen LogP contribution in [0.5, 0.6) is 5.75 Å². The molecule has 0 aromatic heterocycles. The number of rotatable bonds is 7. The van der Waals surface area contributed by atoms with Crippen LogP contribution in [0.1, 0.15) is 58.7 Å². The molecule has 35 heavy (non-hydrogen) atoms. The number of ether oxygens (including phenoxy) is 2. The van der Waals surface area contributed by atoms with E-state index in [0.717, 1.165) is 5.56 Å². The third kappa shape index (κ3) is 6.67. The number of aliphatic hydroxyl groups is 1. The number of sulfonamides is 1. The van der Waals surface area contributed by atoms with Crippen LogP contribution >= 0.6 is 0 Å². The Hall–Kier alpha value is -2.78. The van der Waals surface area contributed by atoms with E-state index in [1.807, 2.05) is 30.3 Å². The van der Waals surface area contributed by atoms with E-state index in [4.69, 9.17) is 9.47 Å². The first-order valence-corrected chi connectivity index (χ1v) is 13.4. The Balaban J connectivity index is 2.03. The molecular formula is C26H36N2O6S. The Bertz CT molecular complexity index is 1140. The SMILES string of the molecule is CCS(=O)(=O)Nc1ccc2c(c1)OC(C)(C)[C@H](O)[C@H]2N(CCc1ccccc1)C(=O)OC(C)(C)C. The molecule has 8 nitrogen and oxygen atoms in total. The fraction of sp³-hybridized carbons (Fsp3) is 0.500. The maximum Gasteiger partial charge on any atom is 0.410 e. The van der Waals surface area contributed by atoms with Gasteiger partial charge in [-0.2, -0.15) is 0 Å². The summed E-state index contributed by atoms with van der Waals surface area (Å²) in [6.07, 6.45) is -1.04. The first-order chi connectivity index (χ1) is 16.2. The van der Waals surface area contributed by atoms with Crippen molar-refractivity contribution in [3.05, 3.63) is 59.7 Å². The van der Waals surface area contributed by atoms with Crippen molar-refractivity contribution in [2.75, 3.05) is 17.0 Å². The van der Waals surface area contributed by atoms with Crippen LogP contribution in [0.2, 0.25) is 0 Å². The van der Waals surface area contributed by atoms with Crippen LogP contribution < -0.4 is 9.46 Å². The lowest BCUT2D eigenvalue weighted by Gasteiger charge is -2.46. The molecule has 0 saturated heterocycles. The van der Waals surface area contributed by atoms with Gasteiger partial charge in [-0.15, -0.1) is 0 Å². The van der Waals surface area contributed by atoms with Gasteiger partial charge in [0.1, 0.15) is 23.1 Å². The van der Waals surface area contributed by atoms with Crippen molar-refractivity contribution in [2.45, 2.75) is 71.3 Å². The van der Waals surface area contributed by atoms with E-state index < -0.39 is 39.5 Å². The molecule has 2 aromatic rings. The van der Waals surface area contributed by atoms with Crippen molar-refractivity contribution in [1.82, 2.24) is 4.90 Å². The number of nitrogens with one attached hydrogen (secondary N) is 1. The van der Waals surface area contributed by atoms with Crippen LogP contribution in [0.25, 0.3) is 0 Å². The van der Waals surface area contributed by atoms with Crippen molar-refractivity contribution in [3.8, 4) is 5.75 Å². The summed E-state index contributed by atoms with van der Waals surface area (Å²) in [5.74, 6) is 0.332. The first kappa shape index (κ1) is 26.8. The Morgan fingerprint density at radius 3 is 2.43 bits per heavy atom. The third-order valence-electron chi connectivity index (χ3n) is 5.82. The fourth-order valence-corrected chi connectivity index (χ4v) is 4.60. The summed E-state index contributed by atoms with van der Waals surface area (Å²) >= 11 is 0. The molecule has 9 heteroatoms. The second-order valence-electron chi connectivity index (χ2n) is 10.3. The predicted octanol–water partition coefficient (Wildman–Crippen LogP) is 4.50. The first-order valence-electron chi connectivity index (χ1n) is 11.8. The van der Waals surface area contributed by atoms with Crippen molar-refractivity contribution < 1.29 is 27.8 Å². The van der Waals surface area contributed by atoms with Crippen LogP contribution in [-0.2, 0) is 21.2 Å². The third-order valence-corrected chi connectivity index (χ3v) is 7.12. The van der Waals surface area contributed by atoms with Gasteiger partial charge in [-0.1, -0.05) is 36.4 Å². The molecule has 0 radical (unpaired) electrons. The summed E-state index contributed by atoms with van der Waals surface area (Å²) in [6, 6.07) is 13.9. The summed E-state index contributed by atoms with van der Waals surface area (Å²) in [5.41, 5.74) is 0.206. The molecule has 1 amide bonds. The lowest BCUT2D eigenvalue weighted by atomic mass is 9.85. The van der Waals surface area contributed by atoms with Crippen LogP contribution in [0, 0.1) is 0 Å². The minimum atomic E-state index is -3.48. The van der Waals surface area contributed by atoms with Gasteiger partial charge in [-0.05, 0) is 59.6 Å². The standard InChI is InChI=1S/C26H36N2O6S/c1-7-35(31,32)27-19-13-14-20-21(17-19)33-26(5,6)23(29)22(20)28(24(30)34-25(2,3)4)16-15-18-11-9-8-10-12-18/h8-14,17,22-23,27,29H,7,15-16H2,1-6H3/t22-,23+/m0/s1. The molecule has 2 aromatic carbocycles. The van der Waals surface area contributed by atoms with Crippen molar-refractivity contribution >= 4 is 21.8 Å². The predicted molar refractivity (Wildman–Crippen MR) is 136 cm³/mol. The molecule has 0 spiro atoms. The maximum absolute atomic E-state index is 13.4. The lowest BCUT2D eigenvalue weighted by molar-refractivity contribution is -0.0937. The minimum absolute atomic E-state index is 0.0658. The second-order valence-corrected chi connectivity index (χ2v) is 12.3. The average molecular weight is 505 g/mol. The quantitative estimate of drug-likeness (QED) is 0.575. The van der Waals surface area contributed by atoms with Gasteiger partial charge in [-0.25, -0.2) is 13.2 Å². The van der Waals surface area contributed by atoms with Gasteiger partial charge >= 0.3 is 6.09 Å². The van der Waals surface area contributed by atoms with E-state index >= 15 is 0 Å². The zero-order valence-corrected chi connectivity index (χ0v) is 22.1. The van der Waals surface area contributed by atoms with Gasteiger partial charge in [0.2, 0.25) is 10.0 Å². The number of hydrogen-bond acceptors (Lipinski definition) is 6. The molecule has 1 aliphatic rings. The highest BCUT2D eigenvalue weighted by Crippen LogP contribution is 2.44. The molecule has 2 N–H and O–H groups in total. The zero-order valence-electron chi connectivity index (χ0n) is 21.2. The van der Waals surface area contributed by atoms with Gasteiger partial charge in [0.25, 0.3) is 0 Å². The van der Waals surface area contributed by atoms with Gasteiger partial charge in [0.05, 0.1) is 17.5 Å². The molecule has 2 atom stereocenters. The number of carbonyl (C=O) groups is 1. The van der Waals surface area contributed by atoms with Gasteiger partial charge in [0, 0.05) is 18.2 Å². The number of carbonyl (C=O) groups excluding carboxylic acids is 1. The summed E-state index contributed by atoms with van der Waals surface area (Å²) in [7, 11) is -3.48. The van der Waals surface area contributed by atoms with Crippen LogP contribution in [-0.4, -0.2) is 54.1 Å². The zero-order chi connectivity index (χ0) is 26.0. The highest BCUT2D eigenvalue weighted by Gasteiger charge is 2.47. The molecular weight excluding hydrogens is 468 g/mol. The van der Waals surface area contributed by atoms with E-state index in [0.29, 0.717) is 30.0 Å². The number of fused-ring (bicyclic) bond motifs is 1. The number of aliphatic hydroxyl groups excluding tert-OH is 1. The van der Waals surface area contributed by atoms with Gasteiger partial charge in [-0.3, -0.25) is 9.62 Å². The second kappa shape index (κ2) is 10.1. The molecule has 0 saturated carbocycles. The maximum atomic E-state index is 13.4. The van der Waals surface area contributed by atoms with E-state index in [2.05, 4.69) is 4.72 Å². The molecule has 0 fully saturated rings. The topological polar surface area (TPSA) is 105 Å². The van der Waals surface area contributed by atoms with Crippen molar-refractivity contribution in [3.63, 3.8) is 0 Å². The highest BCUT2D eigenvalue weighted by atomic mass is 32.2. The smallest absolute Gasteiger partial charge is 0.410 e. The lowest BCUT2D eigenvalue weighted by Crippen LogP contribution is -2.55. The number of amides is 1. The molecule has 3 rings (SSSR count). The molecule has 0 aliphatic carbocycles. The largest absolute Gasteiger partial charge is 0.485 e. The van der Waals surface area contributed by atoms with E-state index in [1.165, 1.54) is 0 Å². The summed E-state index contributed by atoms with van der Waals surface area (Å²) in [6.45, 7) is 10.7. The van der Waals surface area contributed by atoms with E-state index in [1.54, 1.807) is 64.6 Å². The summed E-state index contributed by atoms with van der Waals surface area (Å²) in [4.78, 5) is 14.9. The normalized spacial score (nSPS) is 19.3. The Morgan fingerprint density at radius 1 is 1.17 bits per heavy atom. The molecule has 1 aliphatic heterocycles. The average Bonchev–Trinajstić information content (AvgIpc) is 2.75. The summed E-state index contributed by atoms with van der Waals surface area (Å²) < 4.78 is 38.5. The van der Waals surface area contributed by atoms with Crippen molar-refractivity contribution in [2.24, 2.45) is 0 Å². The van der Waals surface area contributed by atoms with E-state index in [9.17, 15) is 18.3 Å². The molecule has 0 bridgehead atoms. The molecule has 1 heterocycles. The Labute approximate surface area is 208 Å². The monoisotopic (exact) mass is 504 g/mol. The summed E-state index contributed by atoms with van der Waals surface area (Å²) in [5, 5.41) is 11.4. The van der Waals surface area contributed by atoms with Gasteiger partial charge < -0.3 is 14.6 Å². The van der Waals surface area contributed by atoms with Crippen molar-refractivity contribution in [1.29, 1.82) is 0 Å². The Morgan fingerprint density at radius 2 is 1.83 bits per heavy atom. The molecule has 192 valence electrons. The van der Waals surface area contributed by atoms with Crippen LogP contribution in [0.4, 0.5) is 10.5 Å². The number of anilines is 1. The van der Waals surface area contributed by atoms with Crippen LogP contribution in [0.15, 0.2) is 48.5 Å². The van der Waals surface area contributed by atoms with Crippen LogP contribution in [0.3, 0.4) is 0 Å². The molecule has 0 unspecified atom stereocenters. The minimum Gasteiger partial charge on any atom is -0.485 e. The van der Waals surface area contributed by atoms with E-state index in [-0.39, 0.29) is 5.75 Å². The highest BCUT2D eigenvalue weighted by molar-refractivity contribution is 7.92. The number of hydrogen-bond donors (Lipinski definition) is 2. The van der Waals surface area contributed by atoms with Gasteiger partial charge in [0.15, 0.2) is 0 Å². The number of nitrogens with zero attached hydrogens (tertiary/aromatic N) is 1. The fourth-order valence-electron chi connectivity index (χ4n) is 3.97.